The summed E-state index contributed by atoms with van der Waals surface area (Å²) in [6, 6.07) is 5.88. The molecule has 7 aliphatic rings. The number of fused-ring (bicyclic) bond motifs is 1. The van der Waals surface area contributed by atoms with Crippen LogP contribution in [0, 0.1) is 10.8 Å². The second kappa shape index (κ2) is 34.1. The third kappa shape index (κ3) is 17.3. The van der Waals surface area contributed by atoms with Crippen LogP contribution in [-0.4, -0.2) is 320 Å². The Bertz CT molecular complexity index is 3440. The zero-order valence-corrected chi connectivity index (χ0v) is 55.7. The van der Waals surface area contributed by atoms with Gasteiger partial charge in [-0.2, -0.15) is 0 Å². The Hall–Kier alpha value is -8.30. The molecule has 6 amide bonds. The van der Waals surface area contributed by atoms with Gasteiger partial charge in [0.2, 0.25) is 41.7 Å². The van der Waals surface area contributed by atoms with Crippen molar-refractivity contribution in [3.8, 4) is 17.2 Å². The van der Waals surface area contributed by atoms with E-state index in [1.54, 1.807) is 55.5 Å². The average molecular weight is 1460 g/mol. The maximum atomic E-state index is 15.3. The fourth-order valence-corrected chi connectivity index (χ4v) is 13.3. The molecular formula is C64H88N12O27. The maximum absolute atomic E-state index is 15.3. The molecule has 26 atom stereocenters. The molecule has 0 bridgehead atoms. The zero-order valence-electron chi connectivity index (χ0n) is 55.7. The summed E-state index contributed by atoms with van der Waals surface area (Å²) in [5.74, 6) is -8.32. The number of amides is 6. The molecule has 7 saturated heterocycles. The molecule has 0 radical (unpaired) electrons. The van der Waals surface area contributed by atoms with Crippen molar-refractivity contribution in [2.75, 3.05) is 60.3 Å². The molecule has 7 aliphatic heterocycles. The minimum absolute atomic E-state index is 0.0586. The van der Waals surface area contributed by atoms with Crippen molar-refractivity contribution in [3.63, 3.8) is 0 Å². The number of rotatable bonds is 20. The van der Waals surface area contributed by atoms with Crippen LogP contribution in [0.1, 0.15) is 42.2 Å². The van der Waals surface area contributed by atoms with Gasteiger partial charge in [-0.25, -0.2) is 0 Å². The van der Waals surface area contributed by atoms with Crippen LogP contribution in [0.4, 0.5) is 0 Å². The van der Waals surface area contributed by atoms with E-state index in [1.807, 2.05) is 0 Å². The number of aliphatic hydroxyl groups is 12. The van der Waals surface area contributed by atoms with Crippen molar-refractivity contribution < 1.29 is 133 Å². The van der Waals surface area contributed by atoms with Crippen molar-refractivity contribution in [1.29, 1.82) is 10.8 Å². The Morgan fingerprint density at radius 1 is 0.583 bits per heavy atom. The Labute approximate surface area is 587 Å². The van der Waals surface area contributed by atoms with E-state index in [2.05, 4.69) is 47.9 Å². The van der Waals surface area contributed by atoms with E-state index in [9.17, 15) is 75.7 Å². The van der Waals surface area contributed by atoms with Gasteiger partial charge < -0.3 is 157 Å². The first-order valence-corrected chi connectivity index (χ1v) is 33.2. The smallest absolute Gasteiger partial charge is 0.246 e. The van der Waals surface area contributed by atoms with Crippen LogP contribution in [0.15, 0.2) is 72.8 Å². The van der Waals surface area contributed by atoms with Crippen LogP contribution in [0.5, 0.6) is 17.2 Å². The van der Waals surface area contributed by atoms with E-state index in [-0.39, 0.29) is 36.8 Å². The monoisotopic (exact) mass is 1460 g/mol. The van der Waals surface area contributed by atoms with Gasteiger partial charge in [0, 0.05) is 37.1 Å². The second-order valence-electron chi connectivity index (χ2n) is 25.6. The molecule has 0 saturated carbocycles. The number of aliphatic hydroxyl groups excluding tert-OH is 12. The number of methoxy groups -OCH3 is 2. The van der Waals surface area contributed by atoms with Crippen LogP contribution in [0.25, 0.3) is 0 Å². The summed E-state index contributed by atoms with van der Waals surface area (Å²) in [5, 5.41) is 173. The highest BCUT2D eigenvalue weighted by molar-refractivity contribution is 5.98. The molecule has 26 unspecified atom stereocenters. The normalized spacial score (nSPS) is 35.8. The fraction of sp³-hybridized carbons (Fsp3) is 0.594. The maximum Gasteiger partial charge on any atom is 0.246 e. The molecule has 10 rings (SSSR count). The lowest BCUT2D eigenvalue weighted by atomic mass is 9.88. The molecule has 23 N–H and O–H groups in total. The van der Waals surface area contributed by atoms with Gasteiger partial charge in [-0.3, -0.25) is 39.6 Å². The van der Waals surface area contributed by atoms with Gasteiger partial charge in [-0.15, -0.1) is 0 Å². The number of hydrogen-bond donors (Lipinski definition) is 23. The number of carbonyl (C=O) groups excluding carboxylic acids is 6. The van der Waals surface area contributed by atoms with Gasteiger partial charge in [0.25, 0.3) is 0 Å². The molecule has 39 nitrogen and oxygen atoms in total. The number of benzene rings is 3. The summed E-state index contributed by atoms with van der Waals surface area (Å²) in [6.07, 6.45) is -31.3. The quantitative estimate of drug-likeness (QED) is 0.0499. The van der Waals surface area contributed by atoms with Crippen LogP contribution >= 0.6 is 0 Å². The number of hydrogen-bond acceptors (Lipinski definition) is 29. The average Bonchev–Trinajstić information content (AvgIpc) is 1.76. The lowest BCUT2D eigenvalue weighted by Crippen LogP contribution is -2.69. The Morgan fingerprint density at radius 3 is 1.86 bits per heavy atom. The largest absolute Gasteiger partial charge is 0.497 e. The number of ether oxygens (including phenoxy) is 9. The van der Waals surface area contributed by atoms with E-state index in [4.69, 9.17) is 53.5 Å². The summed E-state index contributed by atoms with van der Waals surface area (Å²) in [7, 11) is 2.91. The summed E-state index contributed by atoms with van der Waals surface area (Å²) in [4.78, 5) is 88.9. The fourth-order valence-electron chi connectivity index (χ4n) is 13.3. The summed E-state index contributed by atoms with van der Waals surface area (Å²) in [6.45, 7) is -3.07. The highest BCUT2D eigenvalue weighted by Gasteiger charge is 2.56. The van der Waals surface area contributed by atoms with Gasteiger partial charge in [-0.05, 0) is 41.8 Å². The molecule has 3 aromatic carbocycles. The first kappa shape index (κ1) is 77.3. The molecular weight excluding hydrogens is 1370 g/mol. The lowest BCUT2D eigenvalue weighted by Gasteiger charge is -2.48. The van der Waals surface area contributed by atoms with Crippen LogP contribution in [0.2, 0.25) is 0 Å². The standard InChI is InChI=1S/C64H88N12O27/c1-4-31(26-8-6-5-7-9-26)40-56(92)70-32(14-25-10-12-28(13-11-25)98-61-50(88)47(85)52(37(23-79)100-61)103-62-51(89)48(86)53-38(101-62)24-97-60(102-53)27-15-29(95-2)17-30(16-27)96-3)55(91)74-41(43(81)33-18-68-63(65)72-33)58(94)75-42(57(93)71-34(21-77)54(90)67-20-39(80)73-40)44(82)35-19-69-64(66)76(35)59-49(87)46(84)45(83)36(22-78)99-59/h5-13,15-17,31-38,40-53,59-62,77-79,81-89H,4,14,18-24H2,1-3H3,(H2,66,69)(H,67,90)(H,70,92)(H,71,93)(H,73,80)(H,74,91)(H,75,94)(H3,65,68,72). The summed E-state index contributed by atoms with van der Waals surface area (Å²) in [5.41, 5.74) is 1.22. The molecule has 7 fully saturated rings. The molecule has 103 heavy (non-hydrogen) atoms. The van der Waals surface area contributed by atoms with Gasteiger partial charge in [-0.1, -0.05) is 49.4 Å². The minimum atomic E-state index is -2.36. The van der Waals surface area contributed by atoms with Gasteiger partial charge in [0.15, 0.2) is 30.7 Å². The Morgan fingerprint density at radius 2 is 1.22 bits per heavy atom. The Kier molecular flexibility index (Phi) is 25.6. The summed E-state index contributed by atoms with van der Waals surface area (Å²) >= 11 is 0. The van der Waals surface area contributed by atoms with Crippen LogP contribution < -0.4 is 62.1 Å². The molecule has 39 heteroatoms. The van der Waals surface area contributed by atoms with Crippen molar-refractivity contribution in [2.24, 2.45) is 0 Å². The lowest BCUT2D eigenvalue weighted by molar-refractivity contribution is -0.383. The topological polar surface area (TPSA) is 587 Å². The first-order valence-electron chi connectivity index (χ1n) is 33.2. The van der Waals surface area contributed by atoms with E-state index in [0.717, 1.165) is 4.90 Å². The van der Waals surface area contributed by atoms with Crippen LogP contribution in [0.3, 0.4) is 0 Å². The molecule has 0 aromatic heterocycles. The van der Waals surface area contributed by atoms with Crippen molar-refractivity contribution in [1.82, 2.24) is 52.8 Å². The van der Waals surface area contributed by atoms with Gasteiger partial charge in [0.1, 0.15) is 133 Å². The van der Waals surface area contributed by atoms with E-state index in [1.165, 1.54) is 38.5 Å². The van der Waals surface area contributed by atoms with Crippen molar-refractivity contribution in [2.45, 2.75) is 179 Å². The molecule has 3 aromatic rings. The van der Waals surface area contributed by atoms with Crippen molar-refractivity contribution >= 4 is 47.4 Å². The number of carbonyl (C=O) groups is 6. The Balaban J connectivity index is 0.907. The first-order chi connectivity index (χ1) is 49.3. The SMILES string of the molecule is CCC(c1ccccc1)C1NC(=O)CNC(=O)C(CO)NC(=O)C(C(O)C2CNC(=N)N2C2OC(CO)C(O)C(O)C2O)NC(=O)C(C(O)C2CNC(=N)N2)NC(=O)C(Cc2ccc(OC3OC(CO)C(OC4OC5COC(c6cc(OC)cc(OC)c6)OC5C(O)C4O)C(O)C3O)cc2)NC1=O. The molecule has 566 valence electrons. The summed E-state index contributed by atoms with van der Waals surface area (Å²) < 4.78 is 52.2. The minimum Gasteiger partial charge on any atom is -0.497 e. The highest BCUT2D eigenvalue weighted by Crippen LogP contribution is 2.39. The van der Waals surface area contributed by atoms with E-state index >= 15 is 14.4 Å². The highest BCUT2D eigenvalue weighted by atomic mass is 16.8. The third-order valence-corrected chi connectivity index (χ3v) is 19.0. The molecule has 0 spiro atoms. The zero-order chi connectivity index (χ0) is 74.2. The van der Waals surface area contributed by atoms with E-state index < -0.39 is 239 Å². The number of nitrogens with zero attached hydrogens (tertiary/aromatic N) is 1. The van der Waals surface area contributed by atoms with Crippen LogP contribution in [-0.2, 0) is 63.6 Å². The number of nitrogens with one attached hydrogen (secondary N) is 11. The second-order valence-corrected chi connectivity index (χ2v) is 25.6. The predicted molar refractivity (Wildman–Crippen MR) is 346 cm³/mol. The van der Waals surface area contributed by atoms with Gasteiger partial charge >= 0.3 is 0 Å². The molecule has 0 aliphatic carbocycles. The van der Waals surface area contributed by atoms with Crippen molar-refractivity contribution in [3.05, 3.63) is 89.5 Å². The predicted octanol–water partition coefficient (Wildman–Crippen LogP) is -10.0. The van der Waals surface area contributed by atoms with Gasteiger partial charge in [0.05, 0.1) is 59.3 Å². The number of guanidine groups is 2. The van der Waals surface area contributed by atoms with E-state index in [0.29, 0.717) is 22.6 Å². The molecule has 7 heterocycles. The third-order valence-electron chi connectivity index (χ3n) is 19.0.